The molecule has 0 bridgehead atoms. The molecular formula is C19H12ClF6N3O. The van der Waals surface area contributed by atoms with Crippen LogP contribution in [0.2, 0.25) is 5.02 Å². The van der Waals surface area contributed by atoms with Crippen LogP contribution in [0.3, 0.4) is 0 Å². The van der Waals surface area contributed by atoms with E-state index < -0.39 is 41.6 Å². The first kappa shape index (κ1) is 21.7. The van der Waals surface area contributed by atoms with Gasteiger partial charge < -0.3 is 5.32 Å². The van der Waals surface area contributed by atoms with E-state index in [1.165, 1.54) is 30.3 Å². The second-order valence-corrected chi connectivity index (χ2v) is 6.61. The Hall–Kier alpha value is -3.01. The topological polar surface area (TPSA) is 46.9 Å². The van der Waals surface area contributed by atoms with E-state index in [4.69, 9.17) is 11.6 Å². The average Bonchev–Trinajstić information content (AvgIpc) is 3.11. The minimum absolute atomic E-state index is 0.00764. The Bertz CT molecular complexity index is 1070. The van der Waals surface area contributed by atoms with Crippen LogP contribution >= 0.6 is 11.6 Å². The Morgan fingerprint density at radius 1 is 1.00 bits per heavy atom. The molecule has 0 spiro atoms. The van der Waals surface area contributed by atoms with E-state index in [2.05, 4.69) is 10.4 Å². The summed E-state index contributed by atoms with van der Waals surface area (Å²) < 4.78 is 79.8. The largest absolute Gasteiger partial charge is 0.434 e. The predicted octanol–water partition coefficient (Wildman–Crippen LogP) is 5.49. The van der Waals surface area contributed by atoms with Gasteiger partial charge in [-0.3, -0.25) is 4.79 Å². The molecule has 30 heavy (non-hydrogen) atoms. The summed E-state index contributed by atoms with van der Waals surface area (Å²) in [6, 6.07) is 9.57. The first-order valence-electron chi connectivity index (χ1n) is 8.32. The quantitative estimate of drug-likeness (QED) is 0.537. The van der Waals surface area contributed by atoms with Crippen molar-refractivity contribution in [2.75, 3.05) is 0 Å². The molecule has 0 unspecified atom stereocenters. The molecule has 0 aliphatic carbocycles. The van der Waals surface area contributed by atoms with Crippen molar-refractivity contribution in [1.29, 1.82) is 0 Å². The molecule has 158 valence electrons. The van der Waals surface area contributed by atoms with Crippen LogP contribution in [0.1, 0.15) is 27.2 Å². The van der Waals surface area contributed by atoms with Crippen LogP contribution in [0.4, 0.5) is 26.3 Å². The lowest BCUT2D eigenvalue weighted by molar-refractivity contribution is -0.143. The van der Waals surface area contributed by atoms with Crippen molar-refractivity contribution in [1.82, 2.24) is 15.1 Å². The third kappa shape index (κ3) is 4.76. The van der Waals surface area contributed by atoms with Gasteiger partial charge in [-0.05, 0) is 35.9 Å². The number of rotatable bonds is 4. The van der Waals surface area contributed by atoms with Crippen LogP contribution in [-0.4, -0.2) is 15.7 Å². The Labute approximate surface area is 171 Å². The van der Waals surface area contributed by atoms with Crippen molar-refractivity contribution in [2.45, 2.75) is 18.9 Å². The van der Waals surface area contributed by atoms with E-state index in [9.17, 15) is 31.1 Å². The van der Waals surface area contributed by atoms with Gasteiger partial charge in [0.2, 0.25) is 0 Å². The molecule has 2 aromatic carbocycles. The molecule has 11 heteroatoms. The number of aromatic nitrogens is 2. The second kappa shape index (κ2) is 8.02. The van der Waals surface area contributed by atoms with Gasteiger partial charge >= 0.3 is 12.4 Å². The molecule has 0 saturated heterocycles. The Kier molecular flexibility index (Phi) is 5.80. The van der Waals surface area contributed by atoms with Gasteiger partial charge in [0.1, 0.15) is 0 Å². The normalized spacial score (nSPS) is 12.1. The molecule has 0 fully saturated rings. The van der Waals surface area contributed by atoms with Crippen LogP contribution in [0.15, 0.2) is 54.7 Å². The fourth-order valence-corrected chi connectivity index (χ4v) is 2.91. The van der Waals surface area contributed by atoms with Crippen LogP contribution < -0.4 is 5.32 Å². The average molecular weight is 448 g/mol. The third-order valence-electron chi connectivity index (χ3n) is 4.04. The van der Waals surface area contributed by atoms with Crippen molar-refractivity contribution in [3.63, 3.8) is 0 Å². The minimum Gasteiger partial charge on any atom is -0.348 e. The Balaban J connectivity index is 1.88. The van der Waals surface area contributed by atoms with Gasteiger partial charge in [-0.15, -0.1) is 0 Å². The summed E-state index contributed by atoms with van der Waals surface area (Å²) in [6.45, 7) is -0.400. The maximum Gasteiger partial charge on any atom is 0.434 e. The number of hydrogen-bond acceptors (Lipinski definition) is 2. The first-order chi connectivity index (χ1) is 14.0. The SMILES string of the molecule is O=C(NCc1cccc(C(F)(F)F)c1)c1cnn(-c2cccc(Cl)c2)c1C(F)(F)F. The Morgan fingerprint density at radius 3 is 2.33 bits per heavy atom. The number of amides is 1. The number of benzene rings is 2. The zero-order chi connectivity index (χ0) is 22.1. The number of hydrogen-bond donors (Lipinski definition) is 1. The second-order valence-electron chi connectivity index (χ2n) is 6.18. The van der Waals surface area contributed by atoms with Crippen LogP contribution in [0.25, 0.3) is 5.69 Å². The Morgan fingerprint density at radius 2 is 1.70 bits per heavy atom. The fraction of sp³-hybridized carbons (Fsp3) is 0.158. The summed E-state index contributed by atoms with van der Waals surface area (Å²) >= 11 is 5.81. The summed E-state index contributed by atoms with van der Waals surface area (Å²) in [5.41, 5.74) is -2.96. The maximum atomic E-state index is 13.6. The van der Waals surface area contributed by atoms with Crippen molar-refractivity contribution in [3.8, 4) is 5.69 Å². The number of nitrogens with zero attached hydrogens (tertiary/aromatic N) is 2. The molecule has 3 aromatic rings. The number of nitrogens with one attached hydrogen (secondary N) is 1. The van der Waals surface area contributed by atoms with E-state index in [1.807, 2.05) is 0 Å². The third-order valence-corrected chi connectivity index (χ3v) is 4.28. The van der Waals surface area contributed by atoms with Gasteiger partial charge in [0.25, 0.3) is 5.91 Å². The number of halogens is 7. The van der Waals surface area contributed by atoms with Crippen LogP contribution in [-0.2, 0) is 18.9 Å². The molecule has 1 heterocycles. The highest BCUT2D eigenvalue weighted by Crippen LogP contribution is 2.34. The fourth-order valence-electron chi connectivity index (χ4n) is 2.73. The van der Waals surface area contributed by atoms with E-state index in [1.54, 1.807) is 0 Å². The van der Waals surface area contributed by atoms with Crippen LogP contribution in [0.5, 0.6) is 0 Å². The maximum absolute atomic E-state index is 13.6. The van der Waals surface area contributed by atoms with Gasteiger partial charge in [-0.1, -0.05) is 29.8 Å². The molecule has 0 atom stereocenters. The summed E-state index contributed by atoms with van der Waals surface area (Å²) in [4.78, 5) is 12.4. The van der Waals surface area contributed by atoms with Crippen molar-refractivity contribution < 1.29 is 31.1 Å². The lowest BCUT2D eigenvalue weighted by Gasteiger charge is -2.13. The number of carbonyl (C=O) groups excluding carboxylic acids is 1. The van der Waals surface area contributed by atoms with E-state index >= 15 is 0 Å². The molecule has 0 radical (unpaired) electrons. The summed E-state index contributed by atoms with van der Waals surface area (Å²) in [7, 11) is 0. The van der Waals surface area contributed by atoms with Gasteiger partial charge in [0, 0.05) is 11.6 Å². The number of carbonyl (C=O) groups is 1. The lowest BCUT2D eigenvalue weighted by Crippen LogP contribution is -2.26. The molecule has 1 N–H and O–H groups in total. The van der Waals surface area contributed by atoms with Crippen LogP contribution in [0, 0.1) is 0 Å². The molecule has 0 aliphatic rings. The minimum atomic E-state index is -4.93. The zero-order valence-electron chi connectivity index (χ0n) is 14.9. The number of alkyl halides is 6. The summed E-state index contributed by atoms with van der Waals surface area (Å²) in [6.07, 6.45) is -8.77. The first-order valence-corrected chi connectivity index (χ1v) is 8.70. The molecule has 4 nitrogen and oxygen atoms in total. The standard InChI is InChI=1S/C19H12ClF6N3O/c20-13-5-2-6-14(8-13)29-16(19(24,25)26)15(10-28-29)17(30)27-9-11-3-1-4-12(7-11)18(21,22)23/h1-8,10H,9H2,(H,27,30). The molecule has 3 rings (SSSR count). The van der Waals surface area contributed by atoms with Gasteiger partial charge in [-0.25, -0.2) is 4.68 Å². The molecule has 0 aliphatic heterocycles. The van der Waals surface area contributed by atoms with Crippen molar-refractivity contribution in [2.24, 2.45) is 0 Å². The van der Waals surface area contributed by atoms with E-state index in [0.29, 0.717) is 4.68 Å². The highest BCUT2D eigenvalue weighted by atomic mass is 35.5. The van der Waals surface area contributed by atoms with Gasteiger partial charge in [0.05, 0.1) is 23.0 Å². The van der Waals surface area contributed by atoms with Gasteiger partial charge in [-0.2, -0.15) is 31.4 Å². The molecule has 0 saturated carbocycles. The van der Waals surface area contributed by atoms with Crippen molar-refractivity contribution >= 4 is 17.5 Å². The zero-order valence-corrected chi connectivity index (χ0v) is 15.6. The lowest BCUT2D eigenvalue weighted by atomic mass is 10.1. The van der Waals surface area contributed by atoms with Crippen molar-refractivity contribution in [3.05, 3.63) is 82.1 Å². The summed E-state index contributed by atoms with van der Waals surface area (Å²) in [5.74, 6) is -1.13. The van der Waals surface area contributed by atoms with E-state index in [-0.39, 0.29) is 16.3 Å². The van der Waals surface area contributed by atoms with E-state index in [0.717, 1.165) is 24.4 Å². The highest BCUT2D eigenvalue weighted by molar-refractivity contribution is 6.30. The molecule has 1 aromatic heterocycles. The smallest absolute Gasteiger partial charge is 0.348 e. The summed E-state index contributed by atoms with van der Waals surface area (Å²) in [5, 5.41) is 6.01. The predicted molar refractivity (Wildman–Crippen MR) is 96.2 cm³/mol. The monoisotopic (exact) mass is 447 g/mol. The van der Waals surface area contributed by atoms with Gasteiger partial charge in [0.15, 0.2) is 5.69 Å². The molecule has 1 amide bonds. The highest BCUT2D eigenvalue weighted by Gasteiger charge is 2.40. The molecular weight excluding hydrogens is 436 g/mol.